The van der Waals surface area contributed by atoms with Crippen molar-refractivity contribution in [3.63, 3.8) is 0 Å². The zero-order valence-corrected chi connectivity index (χ0v) is 26.5. The van der Waals surface area contributed by atoms with Gasteiger partial charge >= 0.3 is 6.18 Å². The van der Waals surface area contributed by atoms with Crippen LogP contribution in [0.4, 0.5) is 24.7 Å². The number of amides is 1. The number of nitrogens with two attached hydrogens (primary N) is 1. The Bertz CT molecular complexity index is 1940. The van der Waals surface area contributed by atoms with Gasteiger partial charge < -0.3 is 16.0 Å². The fourth-order valence-electron chi connectivity index (χ4n) is 5.79. The van der Waals surface area contributed by atoms with Crippen molar-refractivity contribution in [2.24, 2.45) is 0 Å². The number of carbonyl (C=O) groups is 1. The summed E-state index contributed by atoms with van der Waals surface area (Å²) in [4.78, 5) is 20.2. The molecule has 3 aromatic carbocycles. The van der Waals surface area contributed by atoms with Crippen LogP contribution in [0.1, 0.15) is 35.6 Å². The Kier molecular flexibility index (Phi) is 8.72. The maximum atomic E-state index is 13.7. The lowest BCUT2D eigenvalue weighted by Crippen LogP contribution is -2.34. The molecule has 246 valence electrons. The third kappa shape index (κ3) is 6.30. The molecule has 5 N–H and O–H groups in total. The van der Waals surface area contributed by atoms with Crippen molar-refractivity contribution in [1.82, 2.24) is 24.0 Å². The molecule has 5 aromatic rings. The molecule has 0 fully saturated rings. The lowest BCUT2D eigenvalue weighted by molar-refractivity contribution is -0.141. The molecule has 3 heterocycles. The van der Waals surface area contributed by atoms with Gasteiger partial charge in [0.05, 0.1) is 10.6 Å². The summed E-state index contributed by atoms with van der Waals surface area (Å²) in [6.45, 7) is 7.49. The van der Waals surface area contributed by atoms with Crippen LogP contribution in [0.2, 0.25) is 0 Å². The van der Waals surface area contributed by atoms with Crippen molar-refractivity contribution in [2.75, 3.05) is 37.2 Å². The van der Waals surface area contributed by atoms with Gasteiger partial charge in [-0.05, 0) is 59.9 Å². The van der Waals surface area contributed by atoms with E-state index in [0.717, 1.165) is 28.7 Å². The summed E-state index contributed by atoms with van der Waals surface area (Å²) < 4.78 is 66.5. The summed E-state index contributed by atoms with van der Waals surface area (Å²) in [6.07, 6.45) is -3.26. The third-order valence-electron chi connectivity index (χ3n) is 8.35. The highest BCUT2D eigenvalue weighted by molar-refractivity contribution is 8.22. The van der Waals surface area contributed by atoms with E-state index in [0.29, 0.717) is 52.8 Å². The molecule has 2 aromatic heterocycles. The highest BCUT2D eigenvalue weighted by Crippen LogP contribution is 2.61. The number of alkyl halides is 3. The van der Waals surface area contributed by atoms with Gasteiger partial charge in [-0.25, -0.2) is 9.67 Å². The number of likely N-dealkylation sites (N-methyl/N-ethyl adjacent to an activating group) is 1. The number of nitrogens with one attached hydrogen (secondary N) is 1. The molecular formula is C33H34F3N7O3S. The lowest BCUT2D eigenvalue weighted by Gasteiger charge is -2.39. The van der Waals surface area contributed by atoms with E-state index >= 15 is 0 Å². The molecule has 0 spiro atoms. The Balaban J connectivity index is 1.26. The summed E-state index contributed by atoms with van der Waals surface area (Å²) in [6, 6.07) is 19.4. The number of anilines is 2. The van der Waals surface area contributed by atoms with Gasteiger partial charge in [-0.3, -0.25) is 13.9 Å². The number of hydrogen-bond donors (Lipinski definition) is 4. The fraction of sp³-hybridized carbons (Fsp3) is 0.242. The zero-order valence-electron chi connectivity index (χ0n) is 25.7. The minimum Gasteiger partial charge on any atom is -0.383 e. The van der Waals surface area contributed by atoms with Crippen LogP contribution in [0.3, 0.4) is 0 Å². The molecule has 0 atom stereocenters. The number of nitrogens with zero attached hydrogens (tertiary/aromatic N) is 5. The topological polar surface area (TPSA) is 133 Å². The second-order valence-corrected chi connectivity index (χ2v) is 13.1. The van der Waals surface area contributed by atoms with E-state index in [2.05, 4.69) is 34.1 Å². The van der Waals surface area contributed by atoms with Gasteiger partial charge in [-0.2, -0.15) is 22.6 Å². The molecular weight excluding hydrogens is 631 g/mol. The predicted molar refractivity (Wildman–Crippen MR) is 177 cm³/mol. The second kappa shape index (κ2) is 12.6. The van der Waals surface area contributed by atoms with E-state index in [1.807, 2.05) is 18.2 Å². The standard InChI is InChI=1S/C33H34F3N7O3S/c1-3-41(4-2)16-17-42-20-23-6-5-7-26(30(23)47(42,45)46)21-8-11-24(12-9-21)39-32(44)28-19-29(33(34,35)36)40-43(28)25-13-10-22-14-15-38-31(37)27(22)18-25/h5-15,18-19,45-46H,3-4,16-17,20H2,1-2H3,(H2,37,38)(H,39,44). The molecule has 47 heavy (non-hydrogen) atoms. The molecule has 0 aliphatic carbocycles. The van der Waals surface area contributed by atoms with Crippen LogP contribution in [0.15, 0.2) is 83.9 Å². The van der Waals surface area contributed by atoms with Crippen molar-refractivity contribution in [1.29, 1.82) is 0 Å². The van der Waals surface area contributed by atoms with Crippen LogP contribution in [0.5, 0.6) is 0 Å². The van der Waals surface area contributed by atoms with Crippen LogP contribution in [0.25, 0.3) is 27.6 Å². The molecule has 0 saturated carbocycles. The van der Waals surface area contributed by atoms with Gasteiger partial charge in [0.2, 0.25) is 0 Å². The molecule has 0 bridgehead atoms. The highest BCUT2D eigenvalue weighted by atomic mass is 32.3. The van der Waals surface area contributed by atoms with Crippen molar-refractivity contribution >= 4 is 39.0 Å². The fourth-order valence-corrected chi connectivity index (χ4v) is 7.66. The zero-order chi connectivity index (χ0) is 33.5. The van der Waals surface area contributed by atoms with Gasteiger partial charge in [-0.15, -0.1) is 10.8 Å². The van der Waals surface area contributed by atoms with Crippen LogP contribution >= 0.6 is 10.8 Å². The maximum Gasteiger partial charge on any atom is 0.435 e. The average molecular weight is 666 g/mol. The summed E-state index contributed by atoms with van der Waals surface area (Å²) in [5, 5.41) is 7.61. The first-order valence-corrected chi connectivity index (χ1v) is 16.5. The third-order valence-corrected chi connectivity index (χ3v) is 10.4. The Morgan fingerprint density at radius 1 is 1.04 bits per heavy atom. The minimum absolute atomic E-state index is 0.191. The van der Waals surface area contributed by atoms with Gasteiger partial charge in [0.25, 0.3) is 5.91 Å². The van der Waals surface area contributed by atoms with Gasteiger partial charge in [0.1, 0.15) is 11.5 Å². The first-order chi connectivity index (χ1) is 22.4. The van der Waals surface area contributed by atoms with E-state index in [9.17, 15) is 27.1 Å². The van der Waals surface area contributed by atoms with Gasteiger partial charge in [-0.1, -0.05) is 50.2 Å². The van der Waals surface area contributed by atoms with Crippen molar-refractivity contribution in [3.05, 3.63) is 95.9 Å². The molecule has 1 aliphatic heterocycles. The Hall–Kier alpha value is -4.47. The van der Waals surface area contributed by atoms with Crippen LogP contribution < -0.4 is 11.1 Å². The number of carbonyl (C=O) groups excluding carboxylic acids is 1. The molecule has 1 amide bonds. The first kappa shape index (κ1) is 32.5. The quantitative estimate of drug-likeness (QED) is 0.131. The predicted octanol–water partition coefficient (Wildman–Crippen LogP) is 7.12. The van der Waals surface area contributed by atoms with E-state index < -0.39 is 28.6 Å². The normalized spacial score (nSPS) is 15.2. The number of benzene rings is 3. The van der Waals surface area contributed by atoms with Crippen molar-refractivity contribution < 1.29 is 27.1 Å². The van der Waals surface area contributed by atoms with Crippen molar-refractivity contribution in [2.45, 2.75) is 31.5 Å². The van der Waals surface area contributed by atoms with Crippen LogP contribution in [-0.4, -0.2) is 65.2 Å². The molecule has 0 unspecified atom stereocenters. The second-order valence-electron chi connectivity index (χ2n) is 11.2. The van der Waals surface area contributed by atoms with E-state index in [-0.39, 0.29) is 17.2 Å². The maximum absolute atomic E-state index is 13.7. The summed E-state index contributed by atoms with van der Waals surface area (Å²) in [5.41, 5.74) is 7.15. The number of halogens is 3. The summed E-state index contributed by atoms with van der Waals surface area (Å²) in [5.74, 6) is -0.616. The number of rotatable bonds is 9. The largest absolute Gasteiger partial charge is 0.435 e. The minimum atomic E-state index is -4.78. The number of nitrogen functional groups attached to an aromatic ring is 1. The monoisotopic (exact) mass is 665 g/mol. The van der Waals surface area contributed by atoms with Crippen LogP contribution in [-0.2, 0) is 12.7 Å². The molecule has 1 aliphatic rings. The van der Waals surface area contributed by atoms with E-state index in [1.54, 1.807) is 46.8 Å². The number of aromatic nitrogens is 3. The Morgan fingerprint density at radius 2 is 1.79 bits per heavy atom. The molecule has 10 nitrogen and oxygen atoms in total. The highest BCUT2D eigenvalue weighted by Gasteiger charge is 2.38. The van der Waals surface area contributed by atoms with E-state index in [1.165, 1.54) is 12.3 Å². The number of pyridine rings is 1. The van der Waals surface area contributed by atoms with Crippen LogP contribution in [0, 0.1) is 0 Å². The summed E-state index contributed by atoms with van der Waals surface area (Å²) >= 11 is 0. The van der Waals surface area contributed by atoms with E-state index in [4.69, 9.17) is 5.73 Å². The number of fused-ring (bicyclic) bond motifs is 2. The first-order valence-electron chi connectivity index (χ1n) is 15.0. The summed E-state index contributed by atoms with van der Waals surface area (Å²) in [7, 11) is -3.24. The molecule has 6 rings (SSSR count). The van der Waals surface area contributed by atoms with Gasteiger partial charge in [0, 0.05) is 48.5 Å². The smallest absolute Gasteiger partial charge is 0.383 e. The molecule has 14 heteroatoms. The SMILES string of the molecule is CCN(CC)CCN1Cc2cccc(-c3ccc(NC(=O)c4cc(C(F)(F)F)nn4-c4ccc5ccnc(N)c5c4)cc3)c2S1(O)O. The lowest BCUT2D eigenvalue weighted by atomic mass is 10.0. The Morgan fingerprint density at radius 3 is 2.49 bits per heavy atom. The average Bonchev–Trinajstić information content (AvgIpc) is 3.62. The molecule has 0 saturated heterocycles. The van der Waals surface area contributed by atoms with Crippen molar-refractivity contribution in [3.8, 4) is 16.8 Å². The Labute approximate surface area is 271 Å². The van der Waals surface area contributed by atoms with Gasteiger partial charge in [0.15, 0.2) is 5.69 Å². The number of hydrogen-bond acceptors (Lipinski definition) is 8. The molecule has 0 radical (unpaired) electrons.